The number of nitrogens with one attached hydrogen (secondary N) is 1. The summed E-state index contributed by atoms with van der Waals surface area (Å²) in [6.07, 6.45) is 0.0220. The fourth-order valence-corrected chi connectivity index (χ4v) is 3.39. The number of fused-ring (bicyclic) bond motifs is 1. The van der Waals surface area contributed by atoms with Gasteiger partial charge >= 0.3 is 5.97 Å². The van der Waals surface area contributed by atoms with E-state index in [2.05, 4.69) is 10.5 Å². The summed E-state index contributed by atoms with van der Waals surface area (Å²) in [7, 11) is 0. The predicted molar refractivity (Wildman–Crippen MR) is 85.1 cm³/mol. The number of nitrogens with zero attached hydrogens (tertiary/aromatic N) is 1. The summed E-state index contributed by atoms with van der Waals surface area (Å²) in [5.41, 5.74) is 2.25. The number of aromatic nitrogens is 1. The molecule has 0 aliphatic carbocycles. The Balaban J connectivity index is 1.59. The first kappa shape index (κ1) is 15.6. The van der Waals surface area contributed by atoms with Gasteiger partial charge in [0.15, 0.2) is 0 Å². The van der Waals surface area contributed by atoms with Crippen LogP contribution < -0.4 is 5.32 Å². The van der Waals surface area contributed by atoms with Crippen molar-refractivity contribution in [3.63, 3.8) is 0 Å². The molecule has 1 amide bonds. The average molecular weight is 332 g/mol. The molecule has 23 heavy (non-hydrogen) atoms. The van der Waals surface area contributed by atoms with Crippen molar-refractivity contribution in [2.45, 2.75) is 37.0 Å². The first-order valence-electron chi connectivity index (χ1n) is 7.18. The van der Waals surface area contributed by atoms with Gasteiger partial charge in [-0.1, -0.05) is 17.3 Å². The van der Waals surface area contributed by atoms with E-state index in [0.29, 0.717) is 11.5 Å². The van der Waals surface area contributed by atoms with Gasteiger partial charge in [0.05, 0.1) is 28.6 Å². The van der Waals surface area contributed by atoms with Gasteiger partial charge in [-0.3, -0.25) is 9.59 Å². The second kappa shape index (κ2) is 6.45. The number of aryl methyl sites for hydroxylation is 2. The molecule has 1 aliphatic heterocycles. The van der Waals surface area contributed by atoms with Crippen LogP contribution in [0.1, 0.15) is 23.4 Å². The van der Waals surface area contributed by atoms with Crippen LogP contribution in [0, 0.1) is 13.8 Å². The summed E-state index contributed by atoms with van der Waals surface area (Å²) in [4.78, 5) is 25.0. The van der Waals surface area contributed by atoms with Crippen molar-refractivity contribution in [3.8, 4) is 0 Å². The summed E-state index contributed by atoms with van der Waals surface area (Å²) in [5.74, 6) is 0.0361. The number of rotatable bonds is 4. The lowest BCUT2D eigenvalue weighted by molar-refractivity contribution is -0.145. The van der Waals surface area contributed by atoms with Crippen molar-refractivity contribution >= 4 is 29.3 Å². The lowest BCUT2D eigenvalue weighted by atomic mass is 10.2. The Kier molecular flexibility index (Phi) is 4.38. The van der Waals surface area contributed by atoms with E-state index in [4.69, 9.17) is 9.26 Å². The number of ether oxygens (including phenoxy) is 1. The number of thioether (sulfide) groups is 1. The van der Waals surface area contributed by atoms with Gasteiger partial charge in [-0.05, 0) is 26.0 Å². The van der Waals surface area contributed by atoms with E-state index in [1.807, 2.05) is 24.3 Å². The van der Waals surface area contributed by atoms with Gasteiger partial charge in [-0.25, -0.2) is 0 Å². The van der Waals surface area contributed by atoms with Gasteiger partial charge in [-0.2, -0.15) is 0 Å². The van der Waals surface area contributed by atoms with Crippen molar-refractivity contribution in [3.05, 3.63) is 41.3 Å². The molecule has 0 saturated heterocycles. The number of hydrogen-bond acceptors (Lipinski definition) is 6. The average Bonchev–Trinajstić information content (AvgIpc) is 2.85. The number of hydrogen-bond donors (Lipinski definition) is 1. The van der Waals surface area contributed by atoms with E-state index < -0.39 is 11.2 Å². The first-order chi connectivity index (χ1) is 11.0. The van der Waals surface area contributed by atoms with E-state index >= 15 is 0 Å². The van der Waals surface area contributed by atoms with Crippen LogP contribution in [0.5, 0.6) is 0 Å². The monoisotopic (exact) mass is 332 g/mol. The Morgan fingerprint density at radius 3 is 2.91 bits per heavy atom. The zero-order valence-electron chi connectivity index (χ0n) is 12.8. The van der Waals surface area contributed by atoms with Crippen molar-refractivity contribution in [1.29, 1.82) is 0 Å². The number of benzene rings is 1. The molecule has 0 spiro atoms. The molecule has 0 unspecified atom stereocenters. The Hall–Kier alpha value is -2.28. The number of amides is 1. The molecular weight excluding hydrogens is 316 g/mol. The maximum Gasteiger partial charge on any atom is 0.307 e. The molecule has 1 N–H and O–H groups in total. The molecule has 1 aromatic carbocycles. The van der Waals surface area contributed by atoms with Gasteiger partial charge in [0, 0.05) is 4.90 Å². The normalized spacial score (nSPS) is 16.6. The van der Waals surface area contributed by atoms with Crippen LogP contribution in [0.2, 0.25) is 0 Å². The molecule has 2 heterocycles. The van der Waals surface area contributed by atoms with Crippen molar-refractivity contribution in [2.24, 2.45) is 0 Å². The smallest absolute Gasteiger partial charge is 0.307 e. The highest BCUT2D eigenvalue weighted by atomic mass is 32.2. The van der Waals surface area contributed by atoms with Gasteiger partial charge in [-0.15, -0.1) is 11.8 Å². The van der Waals surface area contributed by atoms with Crippen LogP contribution in [0.15, 0.2) is 33.7 Å². The summed E-state index contributed by atoms with van der Waals surface area (Å²) in [6.45, 7) is 3.67. The van der Waals surface area contributed by atoms with Gasteiger partial charge < -0.3 is 14.6 Å². The molecular formula is C16H16N2O4S. The number of esters is 1. The fourth-order valence-electron chi connectivity index (χ4n) is 2.30. The molecule has 0 saturated carbocycles. The van der Waals surface area contributed by atoms with E-state index in [-0.39, 0.29) is 18.9 Å². The molecule has 0 radical (unpaired) electrons. The minimum Gasteiger partial charge on any atom is -0.461 e. The number of para-hydroxylation sites is 1. The Labute approximate surface area is 137 Å². The second-order valence-electron chi connectivity index (χ2n) is 5.26. The number of anilines is 1. The highest BCUT2D eigenvalue weighted by Gasteiger charge is 2.29. The molecule has 0 bridgehead atoms. The largest absolute Gasteiger partial charge is 0.461 e. The topological polar surface area (TPSA) is 81.4 Å². The van der Waals surface area contributed by atoms with E-state index in [0.717, 1.165) is 16.1 Å². The van der Waals surface area contributed by atoms with Crippen molar-refractivity contribution in [2.75, 3.05) is 5.32 Å². The quantitative estimate of drug-likeness (QED) is 0.867. The standard InChI is InChI=1S/C16H16N2O4S/c1-9-11(10(2)22-18-9)8-21-15(19)7-14-16(20)17-12-5-3-4-6-13(12)23-14/h3-6,14H,7-8H2,1-2H3,(H,17,20)/t14-/m1/s1. The molecule has 6 nitrogen and oxygen atoms in total. The lowest BCUT2D eigenvalue weighted by Crippen LogP contribution is -2.31. The third kappa shape index (κ3) is 3.39. The molecule has 1 aliphatic rings. The Bertz CT molecular complexity index is 737. The van der Waals surface area contributed by atoms with E-state index in [1.165, 1.54) is 11.8 Å². The Morgan fingerprint density at radius 1 is 1.39 bits per heavy atom. The van der Waals surface area contributed by atoms with Gasteiger partial charge in [0.25, 0.3) is 0 Å². The zero-order valence-corrected chi connectivity index (χ0v) is 13.6. The minimum absolute atomic E-state index is 0.0220. The second-order valence-corrected chi connectivity index (χ2v) is 6.50. The van der Waals surface area contributed by atoms with Gasteiger partial charge in [0.1, 0.15) is 12.4 Å². The predicted octanol–water partition coefficient (Wildman–Crippen LogP) is 2.84. The zero-order chi connectivity index (χ0) is 16.4. The van der Waals surface area contributed by atoms with Crippen LogP contribution in [0.25, 0.3) is 0 Å². The number of carbonyl (C=O) groups excluding carboxylic acids is 2. The van der Waals surface area contributed by atoms with Crippen LogP contribution in [0.3, 0.4) is 0 Å². The Morgan fingerprint density at radius 2 is 2.17 bits per heavy atom. The summed E-state index contributed by atoms with van der Waals surface area (Å²) in [5, 5.41) is 6.14. The maximum atomic E-state index is 12.1. The number of carbonyl (C=O) groups is 2. The molecule has 120 valence electrons. The molecule has 1 aromatic heterocycles. The highest BCUT2D eigenvalue weighted by molar-refractivity contribution is 8.01. The summed E-state index contributed by atoms with van der Waals surface area (Å²) in [6, 6.07) is 7.52. The third-order valence-corrected chi connectivity index (χ3v) is 4.89. The van der Waals surface area contributed by atoms with Crippen LogP contribution in [0.4, 0.5) is 5.69 Å². The van der Waals surface area contributed by atoms with Crippen LogP contribution in [-0.4, -0.2) is 22.3 Å². The SMILES string of the molecule is Cc1noc(C)c1COC(=O)C[C@H]1Sc2ccccc2NC1=O. The first-order valence-corrected chi connectivity index (χ1v) is 8.06. The minimum atomic E-state index is -0.484. The highest BCUT2D eigenvalue weighted by Crippen LogP contribution is 2.36. The summed E-state index contributed by atoms with van der Waals surface area (Å²) < 4.78 is 10.3. The van der Waals surface area contributed by atoms with E-state index in [9.17, 15) is 9.59 Å². The molecule has 1 atom stereocenters. The molecule has 2 aromatic rings. The van der Waals surface area contributed by atoms with Gasteiger partial charge in [0.2, 0.25) is 5.91 Å². The lowest BCUT2D eigenvalue weighted by Gasteiger charge is -2.23. The van der Waals surface area contributed by atoms with Crippen LogP contribution >= 0.6 is 11.8 Å². The van der Waals surface area contributed by atoms with Crippen LogP contribution in [-0.2, 0) is 20.9 Å². The summed E-state index contributed by atoms with van der Waals surface area (Å²) >= 11 is 1.38. The maximum absolute atomic E-state index is 12.1. The molecule has 3 rings (SSSR count). The van der Waals surface area contributed by atoms with Crippen molar-refractivity contribution in [1.82, 2.24) is 5.16 Å². The molecule has 7 heteroatoms. The third-order valence-electron chi connectivity index (χ3n) is 3.62. The van der Waals surface area contributed by atoms with Crippen molar-refractivity contribution < 1.29 is 18.8 Å². The molecule has 0 fully saturated rings. The fraction of sp³-hybridized carbons (Fsp3) is 0.312. The van der Waals surface area contributed by atoms with E-state index in [1.54, 1.807) is 13.8 Å².